The molecule has 0 fully saturated rings. The predicted octanol–water partition coefficient (Wildman–Crippen LogP) is 2.86. The van der Waals surface area contributed by atoms with Crippen LogP contribution in [0.3, 0.4) is 0 Å². The molecule has 21 heavy (non-hydrogen) atoms. The summed E-state index contributed by atoms with van der Waals surface area (Å²) in [5.74, 6) is 0.347. The van der Waals surface area contributed by atoms with Crippen LogP contribution in [0, 0.1) is 6.92 Å². The second-order valence-electron chi connectivity index (χ2n) is 4.53. The lowest BCUT2D eigenvalue weighted by atomic mass is 9.97. The molecule has 2 aromatic rings. The summed E-state index contributed by atoms with van der Waals surface area (Å²) in [4.78, 5) is 7.90. The van der Waals surface area contributed by atoms with Gasteiger partial charge in [-0.3, -0.25) is 0 Å². The molecule has 0 aliphatic carbocycles. The van der Waals surface area contributed by atoms with Crippen molar-refractivity contribution < 1.29 is 17.9 Å². The topological polar surface area (TPSA) is 61.0 Å². The molecule has 0 saturated carbocycles. The number of hydrogen-bond acceptors (Lipinski definition) is 4. The first kappa shape index (κ1) is 15.2. The van der Waals surface area contributed by atoms with E-state index in [0.717, 1.165) is 12.1 Å². The van der Waals surface area contributed by atoms with E-state index in [1.165, 1.54) is 19.5 Å². The van der Waals surface area contributed by atoms with Gasteiger partial charge in [0.05, 0.1) is 24.4 Å². The van der Waals surface area contributed by atoms with Crippen molar-refractivity contribution in [1.29, 1.82) is 0 Å². The Labute approximate surface area is 119 Å². The molecular formula is C14H14F3N3O. The second-order valence-corrected chi connectivity index (χ2v) is 4.53. The van der Waals surface area contributed by atoms with E-state index in [0.29, 0.717) is 22.7 Å². The summed E-state index contributed by atoms with van der Waals surface area (Å²) in [5.41, 5.74) is 6.88. The van der Waals surface area contributed by atoms with Crippen LogP contribution in [0.15, 0.2) is 30.6 Å². The average molecular weight is 297 g/mol. The van der Waals surface area contributed by atoms with Gasteiger partial charge in [0.15, 0.2) is 0 Å². The third-order valence-electron chi connectivity index (χ3n) is 3.12. The van der Waals surface area contributed by atoms with Gasteiger partial charge in [0.1, 0.15) is 6.33 Å². The average Bonchev–Trinajstić information content (AvgIpc) is 2.45. The first-order chi connectivity index (χ1) is 9.82. The minimum atomic E-state index is -4.37. The van der Waals surface area contributed by atoms with Gasteiger partial charge < -0.3 is 10.5 Å². The van der Waals surface area contributed by atoms with Gasteiger partial charge in [-0.25, -0.2) is 9.97 Å². The third kappa shape index (κ3) is 3.30. The van der Waals surface area contributed by atoms with Crippen molar-refractivity contribution in [3.8, 4) is 5.88 Å². The van der Waals surface area contributed by atoms with Crippen molar-refractivity contribution in [1.82, 2.24) is 9.97 Å². The highest BCUT2D eigenvalue weighted by atomic mass is 19.4. The third-order valence-corrected chi connectivity index (χ3v) is 3.12. The number of rotatable bonds is 3. The number of benzene rings is 1. The van der Waals surface area contributed by atoms with Crippen LogP contribution in [0.25, 0.3) is 0 Å². The van der Waals surface area contributed by atoms with E-state index in [9.17, 15) is 13.2 Å². The first-order valence-electron chi connectivity index (χ1n) is 6.12. The maximum absolute atomic E-state index is 12.7. The fraction of sp³-hybridized carbons (Fsp3) is 0.286. The molecule has 1 unspecified atom stereocenters. The maximum Gasteiger partial charge on any atom is 0.416 e. The van der Waals surface area contributed by atoms with E-state index in [-0.39, 0.29) is 0 Å². The molecule has 1 atom stereocenters. The molecule has 112 valence electrons. The SMILES string of the molecule is COc1cc(C(N)c2ccc(C(F)(F)F)cc2C)ncn1. The number of aromatic nitrogens is 2. The van der Waals surface area contributed by atoms with Crippen molar-refractivity contribution in [3.05, 3.63) is 53.0 Å². The number of methoxy groups -OCH3 is 1. The summed E-state index contributed by atoms with van der Waals surface area (Å²) in [7, 11) is 1.46. The molecule has 7 heteroatoms. The van der Waals surface area contributed by atoms with Crippen LogP contribution in [0.5, 0.6) is 5.88 Å². The number of alkyl halides is 3. The molecule has 0 spiro atoms. The highest BCUT2D eigenvalue weighted by Crippen LogP contribution is 2.32. The van der Waals surface area contributed by atoms with Crippen molar-refractivity contribution in [2.75, 3.05) is 7.11 Å². The van der Waals surface area contributed by atoms with Gasteiger partial charge in [-0.1, -0.05) is 6.07 Å². The fourth-order valence-electron chi connectivity index (χ4n) is 2.00. The molecule has 0 amide bonds. The number of ether oxygens (including phenoxy) is 1. The predicted molar refractivity (Wildman–Crippen MR) is 70.8 cm³/mol. The number of nitrogens with two attached hydrogens (primary N) is 1. The largest absolute Gasteiger partial charge is 0.481 e. The van der Waals surface area contributed by atoms with Gasteiger partial charge in [0.25, 0.3) is 0 Å². The molecule has 4 nitrogen and oxygen atoms in total. The number of aryl methyl sites for hydroxylation is 1. The molecule has 2 N–H and O–H groups in total. The normalized spacial score (nSPS) is 13.0. The molecule has 1 aromatic heterocycles. The molecule has 0 saturated heterocycles. The van der Waals surface area contributed by atoms with E-state index >= 15 is 0 Å². The molecule has 0 aliphatic heterocycles. The van der Waals surface area contributed by atoms with Gasteiger partial charge in [-0.15, -0.1) is 0 Å². The Morgan fingerprint density at radius 3 is 2.48 bits per heavy atom. The van der Waals surface area contributed by atoms with Crippen LogP contribution in [-0.2, 0) is 6.18 Å². The molecule has 1 aromatic carbocycles. The van der Waals surface area contributed by atoms with E-state index in [1.54, 1.807) is 13.0 Å². The zero-order chi connectivity index (χ0) is 15.6. The van der Waals surface area contributed by atoms with Crippen LogP contribution in [0.2, 0.25) is 0 Å². The summed E-state index contributed by atoms with van der Waals surface area (Å²) in [6, 6.07) is 4.37. The number of halogens is 3. The first-order valence-corrected chi connectivity index (χ1v) is 6.12. The maximum atomic E-state index is 12.7. The summed E-state index contributed by atoms with van der Waals surface area (Å²) in [6.45, 7) is 1.59. The van der Waals surface area contributed by atoms with Gasteiger partial charge in [0.2, 0.25) is 5.88 Å². The van der Waals surface area contributed by atoms with E-state index in [1.807, 2.05) is 0 Å². The van der Waals surface area contributed by atoms with Crippen LogP contribution in [0.4, 0.5) is 13.2 Å². The Bertz CT molecular complexity index is 644. The van der Waals surface area contributed by atoms with Gasteiger partial charge in [-0.2, -0.15) is 13.2 Å². The van der Waals surface area contributed by atoms with Gasteiger partial charge in [-0.05, 0) is 30.2 Å². The van der Waals surface area contributed by atoms with Gasteiger partial charge in [0, 0.05) is 6.07 Å². The van der Waals surface area contributed by atoms with Crippen LogP contribution >= 0.6 is 0 Å². The summed E-state index contributed by atoms with van der Waals surface area (Å²) >= 11 is 0. The quantitative estimate of drug-likeness (QED) is 0.946. The Hall–Kier alpha value is -2.15. The molecule has 0 radical (unpaired) electrons. The van der Waals surface area contributed by atoms with Crippen molar-refractivity contribution in [2.45, 2.75) is 19.1 Å². The summed E-state index contributed by atoms with van der Waals surface area (Å²) < 4.78 is 42.9. The number of nitrogens with zero attached hydrogens (tertiary/aromatic N) is 2. The standard InChI is InChI=1S/C14H14F3N3O/c1-8-5-9(14(15,16)17)3-4-10(8)13(18)11-6-12(21-2)20-7-19-11/h3-7,13H,18H2,1-2H3. The van der Waals surface area contributed by atoms with Gasteiger partial charge >= 0.3 is 6.18 Å². The highest BCUT2D eigenvalue weighted by Gasteiger charge is 2.31. The Balaban J connectivity index is 2.37. The second kappa shape index (κ2) is 5.69. The smallest absolute Gasteiger partial charge is 0.416 e. The highest BCUT2D eigenvalue weighted by molar-refractivity contribution is 5.38. The molecular weight excluding hydrogens is 283 g/mol. The van der Waals surface area contributed by atoms with Crippen LogP contribution < -0.4 is 10.5 Å². The lowest BCUT2D eigenvalue weighted by Gasteiger charge is -2.16. The zero-order valence-electron chi connectivity index (χ0n) is 11.5. The van der Waals surface area contributed by atoms with Crippen LogP contribution in [0.1, 0.15) is 28.4 Å². The number of hydrogen-bond donors (Lipinski definition) is 1. The summed E-state index contributed by atoms with van der Waals surface area (Å²) in [5, 5.41) is 0. The monoisotopic (exact) mass is 297 g/mol. The Morgan fingerprint density at radius 2 is 1.90 bits per heavy atom. The van der Waals surface area contributed by atoms with Crippen molar-refractivity contribution >= 4 is 0 Å². The lowest BCUT2D eigenvalue weighted by Crippen LogP contribution is -2.16. The molecule has 0 aliphatic rings. The minimum Gasteiger partial charge on any atom is -0.481 e. The lowest BCUT2D eigenvalue weighted by molar-refractivity contribution is -0.137. The van der Waals surface area contributed by atoms with Crippen LogP contribution in [-0.4, -0.2) is 17.1 Å². The van der Waals surface area contributed by atoms with E-state index < -0.39 is 17.8 Å². The van der Waals surface area contributed by atoms with E-state index in [2.05, 4.69) is 9.97 Å². The molecule has 2 rings (SSSR count). The Morgan fingerprint density at radius 1 is 1.19 bits per heavy atom. The molecule has 0 bridgehead atoms. The fourth-order valence-corrected chi connectivity index (χ4v) is 2.00. The van der Waals surface area contributed by atoms with Crippen molar-refractivity contribution in [2.24, 2.45) is 5.73 Å². The molecule has 1 heterocycles. The Kier molecular flexibility index (Phi) is 4.13. The summed E-state index contributed by atoms with van der Waals surface area (Å²) in [6.07, 6.45) is -3.07. The minimum absolute atomic E-state index is 0.347. The van der Waals surface area contributed by atoms with E-state index in [4.69, 9.17) is 10.5 Å². The zero-order valence-corrected chi connectivity index (χ0v) is 11.5. The van der Waals surface area contributed by atoms with Crippen molar-refractivity contribution in [3.63, 3.8) is 0 Å².